The Hall–Kier alpha value is -1.14. The van der Waals surface area contributed by atoms with E-state index in [4.69, 9.17) is 0 Å². The van der Waals surface area contributed by atoms with Crippen molar-refractivity contribution in [3.8, 4) is 0 Å². The topological polar surface area (TPSA) is 75.4 Å². The lowest BCUT2D eigenvalue weighted by Crippen LogP contribution is -2.12. The van der Waals surface area contributed by atoms with Gasteiger partial charge in [0.25, 0.3) is 5.69 Å². The van der Waals surface area contributed by atoms with Crippen LogP contribution in [0.15, 0.2) is 22.7 Å². The second-order valence-corrected chi connectivity index (χ2v) is 5.49. The number of nitro groups is 1. The zero-order valence-electron chi connectivity index (χ0n) is 9.80. The molecule has 98 valence electrons. The van der Waals surface area contributed by atoms with E-state index in [1.165, 1.54) is 12.1 Å². The summed E-state index contributed by atoms with van der Waals surface area (Å²) in [6.45, 7) is 0.785. The first-order valence-electron chi connectivity index (χ1n) is 5.92. The van der Waals surface area contributed by atoms with Crippen molar-refractivity contribution < 1.29 is 10.0 Å². The molecule has 5 nitrogen and oxygen atoms in total. The van der Waals surface area contributed by atoms with Crippen LogP contribution in [0.1, 0.15) is 19.3 Å². The van der Waals surface area contributed by atoms with Crippen LogP contribution in [0.25, 0.3) is 0 Å². The predicted molar refractivity (Wildman–Crippen MR) is 72.6 cm³/mol. The summed E-state index contributed by atoms with van der Waals surface area (Å²) < 4.78 is 0.690. The highest BCUT2D eigenvalue weighted by Gasteiger charge is 2.22. The van der Waals surface area contributed by atoms with Gasteiger partial charge in [0.2, 0.25) is 0 Å². The molecule has 2 rings (SSSR count). The van der Waals surface area contributed by atoms with Gasteiger partial charge in [-0.05, 0) is 47.2 Å². The molecule has 1 aliphatic carbocycles. The third-order valence-electron chi connectivity index (χ3n) is 3.26. The Kier molecular flexibility index (Phi) is 4.19. The van der Waals surface area contributed by atoms with Crippen molar-refractivity contribution in [3.63, 3.8) is 0 Å². The summed E-state index contributed by atoms with van der Waals surface area (Å²) in [4.78, 5) is 10.2. The summed E-state index contributed by atoms with van der Waals surface area (Å²) in [6.07, 6.45) is 2.56. The van der Waals surface area contributed by atoms with Gasteiger partial charge in [0.15, 0.2) is 0 Å². The van der Waals surface area contributed by atoms with Crippen molar-refractivity contribution in [2.45, 2.75) is 25.4 Å². The molecule has 2 unspecified atom stereocenters. The van der Waals surface area contributed by atoms with Crippen LogP contribution in [-0.2, 0) is 0 Å². The number of non-ortho nitro benzene ring substituents is 1. The van der Waals surface area contributed by atoms with Crippen LogP contribution in [0, 0.1) is 16.0 Å². The number of aliphatic hydroxyl groups excluding tert-OH is 1. The van der Waals surface area contributed by atoms with E-state index in [0.29, 0.717) is 10.4 Å². The van der Waals surface area contributed by atoms with Crippen molar-refractivity contribution >= 4 is 27.3 Å². The van der Waals surface area contributed by atoms with E-state index in [0.717, 1.165) is 31.5 Å². The third-order valence-corrected chi connectivity index (χ3v) is 3.91. The van der Waals surface area contributed by atoms with Gasteiger partial charge in [-0.1, -0.05) is 0 Å². The van der Waals surface area contributed by atoms with Crippen LogP contribution < -0.4 is 5.32 Å². The molecule has 2 N–H and O–H groups in total. The molecule has 18 heavy (non-hydrogen) atoms. The second-order valence-electron chi connectivity index (χ2n) is 4.64. The fourth-order valence-electron chi connectivity index (χ4n) is 2.25. The Morgan fingerprint density at radius 3 is 2.83 bits per heavy atom. The molecule has 0 amide bonds. The molecular formula is C12H15BrN2O3. The zero-order valence-corrected chi connectivity index (χ0v) is 11.4. The number of rotatable bonds is 4. The number of aliphatic hydroxyl groups is 1. The summed E-state index contributed by atoms with van der Waals surface area (Å²) >= 11 is 3.32. The minimum Gasteiger partial charge on any atom is -0.393 e. The molecule has 0 aromatic heterocycles. The molecule has 0 aliphatic heterocycles. The fourth-order valence-corrected chi connectivity index (χ4v) is 2.76. The maximum absolute atomic E-state index is 10.6. The number of nitrogens with zero attached hydrogens (tertiary/aromatic N) is 1. The summed E-state index contributed by atoms with van der Waals surface area (Å²) in [5.41, 5.74) is 0.922. The largest absolute Gasteiger partial charge is 0.393 e. The number of benzene rings is 1. The van der Waals surface area contributed by atoms with Gasteiger partial charge < -0.3 is 10.4 Å². The summed E-state index contributed by atoms with van der Waals surface area (Å²) in [5, 5.41) is 23.3. The summed E-state index contributed by atoms with van der Waals surface area (Å²) in [7, 11) is 0. The second kappa shape index (κ2) is 5.67. The molecule has 0 spiro atoms. The zero-order chi connectivity index (χ0) is 13.1. The van der Waals surface area contributed by atoms with Gasteiger partial charge in [-0.15, -0.1) is 0 Å². The monoisotopic (exact) mass is 314 g/mol. The molecule has 2 atom stereocenters. The van der Waals surface area contributed by atoms with Gasteiger partial charge >= 0.3 is 0 Å². The molecule has 0 heterocycles. The molecule has 1 fully saturated rings. The maximum Gasteiger partial charge on any atom is 0.270 e. The van der Waals surface area contributed by atoms with E-state index in [1.807, 2.05) is 0 Å². The van der Waals surface area contributed by atoms with Gasteiger partial charge in [0.05, 0.1) is 11.0 Å². The average Bonchev–Trinajstić information content (AvgIpc) is 2.73. The first kappa shape index (κ1) is 13.3. The van der Waals surface area contributed by atoms with Gasteiger partial charge in [0.1, 0.15) is 0 Å². The molecule has 1 aliphatic rings. The highest BCUT2D eigenvalue weighted by atomic mass is 79.9. The Balaban J connectivity index is 1.95. The van der Waals surface area contributed by atoms with E-state index in [2.05, 4.69) is 21.2 Å². The third kappa shape index (κ3) is 3.20. The molecular weight excluding hydrogens is 300 g/mol. The van der Waals surface area contributed by atoms with E-state index in [9.17, 15) is 15.2 Å². The molecule has 6 heteroatoms. The van der Waals surface area contributed by atoms with E-state index in [-0.39, 0.29) is 11.8 Å². The van der Waals surface area contributed by atoms with Crippen LogP contribution in [0.5, 0.6) is 0 Å². The lowest BCUT2D eigenvalue weighted by atomic mass is 10.1. The van der Waals surface area contributed by atoms with E-state index >= 15 is 0 Å². The lowest BCUT2D eigenvalue weighted by molar-refractivity contribution is -0.384. The molecule has 0 saturated heterocycles. The number of nitrogens with one attached hydrogen (secondary N) is 1. The quantitative estimate of drug-likeness (QED) is 0.662. The Labute approximate surface area is 113 Å². The summed E-state index contributed by atoms with van der Waals surface area (Å²) in [5.74, 6) is 0.474. The average molecular weight is 315 g/mol. The van der Waals surface area contributed by atoms with Gasteiger partial charge in [-0.3, -0.25) is 10.1 Å². The Morgan fingerprint density at radius 2 is 2.28 bits per heavy atom. The van der Waals surface area contributed by atoms with Gasteiger partial charge in [-0.25, -0.2) is 0 Å². The number of nitro benzene ring substituents is 1. The first-order chi connectivity index (χ1) is 8.56. The number of anilines is 1. The minimum atomic E-state index is -0.415. The van der Waals surface area contributed by atoms with E-state index in [1.54, 1.807) is 6.07 Å². The number of hydrogen-bond acceptors (Lipinski definition) is 4. The molecule has 0 radical (unpaired) electrons. The van der Waals surface area contributed by atoms with Gasteiger partial charge in [-0.2, -0.15) is 0 Å². The standard InChI is InChI=1S/C12H15BrN2O3/c13-11-6-9(15(17)18)2-4-12(11)14-7-8-1-3-10(16)5-8/h2,4,6,8,10,14,16H,1,3,5,7H2. The smallest absolute Gasteiger partial charge is 0.270 e. The Morgan fingerprint density at radius 1 is 1.50 bits per heavy atom. The highest BCUT2D eigenvalue weighted by molar-refractivity contribution is 9.10. The number of halogens is 1. The van der Waals surface area contributed by atoms with Crippen molar-refractivity contribution in [1.29, 1.82) is 0 Å². The van der Waals surface area contributed by atoms with Crippen molar-refractivity contribution in [3.05, 3.63) is 32.8 Å². The molecule has 0 bridgehead atoms. The maximum atomic E-state index is 10.6. The lowest BCUT2D eigenvalue weighted by Gasteiger charge is -2.13. The first-order valence-corrected chi connectivity index (χ1v) is 6.71. The van der Waals surface area contributed by atoms with Gasteiger partial charge in [0, 0.05) is 28.8 Å². The molecule has 1 aromatic rings. The summed E-state index contributed by atoms with van der Waals surface area (Å²) in [6, 6.07) is 4.68. The fraction of sp³-hybridized carbons (Fsp3) is 0.500. The minimum absolute atomic E-state index is 0.0729. The van der Waals surface area contributed by atoms with Crippen molar-refractivity contribution in [2.75, 3.05) is 11.9 Å². The molecule has 1 saturated carbocycles. The van der Waals surface area contributed by atoms with Crippen LogP contribution >= 0.6 is 15.9 Å². The van der Waals surface area contributed by atoms with Crippen LogP contribution in [0.2, 0.25) is 0 Å². The SMILES string of the molecule is O=[N+]([O-])c1ccc(NCC2CCC(O)C2)c(Br)c1. The van der Waals surface area contributed by atoms with Crippen molar-refractivity contribution in [2.24, 2.45) is 5.92 Å². The predicted octanol–water partition coefficient (Wildman–Crippen LogP) is 2.93. The molecule has 1 aromatic carbocycles. The normalized spacial score (nSPS) is 23.0. The van der Waals surface area contributed by atoms with Crippen LogP contribution in [0.3, 0.4) is 0 Å². The van der Waals surface area contributed by atoms with Crippen LogP contribution in [-0.4, -0.2) is 22.7 Å². The highest BCUT2D eigenvalue weighted by Crippen LogP contribution is 2.29. The van der Waals surface area contributed by atoms with Crippen LogP contribution in [0.4, 0.5) is 11.4 Å². The number of hydrogen-bond donors (Lipinski definition) is 2. The van der Waals surface area contributed by atoms with Crippen molar-refractivity contribution in [1.82, 2.24) is 0 Å². The Bertz CT molecular complexity index is 453. The van der Waals surface area contributed by atoms with E-state index < -0.39 is 4.92 Å².